The fourth-order valence-corrected chi connectivity index (χ4v) is 5.32. The van der Waals surface area contributed by atoms with E-state index in [-0.39, 0.29) is 23.9 Å². The number of hydrogen-bond donors (Lipinski definition) is 1. The third kappa shape index (κ3) is 4.03. The summed E-state index contributed by atoms with van der Waals surface area (Å²) in [5.74, 6) is -3.01. The molecule has 1 saturated heterocycles. The Morgan fingerprint density at radius 2 is 1.79 bits per heavy atom. The van der Waals surface area contributed by atoms with Gasteiger partial charge < -0.3 is 10.0 Å². The van der Waals surface area contributed by atoms with Crippen LogP contribution in [-0.2, 0) is 4.79 Å². The van der Waals surface area contributed by atoms with E-state index < -0.39 is 23.5 Å². The summed E-state index contributed by atoms with van der Waals surface area (Å²) in [5.41, 5.74) is 2.24. The van der Waals surface area contributed by atoms with Gasteiger partial charge in [0.1, 0.15) is 17.2 Å². The fourth-order valence-electron chi connectivity index (χ4n) is 5.32. The van der Waals surface area contributed by atoms with Crippen molar-refractivity contribution in [3.05, 3.63) is 53.5 Å². The second kappa shape index (κ2) is 9.12. The van der Waals surface area contributed by atoms with Gasteiger partial charge in [0.25, 0.3) is 5.91 Å². The first-order valence-electron chi connectivity index (χ1n) is 11.8. The molecule has 7 nitrogen and oxygen atoms in total. The molecule has 0 bridgehead atoms. The normalized spacial score (nSPS) is 19.5. The number of fused-ring (bicyclic) bond motifs is 1. The van der Waals surface area contributed by atoms with Crippen molar-refractivity contribution >= 4 is 17.5 Å². The van der Waals surface area contributed by atoms with Crippen molar-refractivity contribution in [3.63, 3.8) is 0 Å². The number of aromatic nitrogens is 3. The Morgan fingerprint density at radius 1 is 1.00 bits per heavy atom. The Kier molecular flexibility index (Phi) is 6.02. The molecule has 178 valence electrons. The van der Waals surface area contributed by atoms with E-state index in [1.54, 1.807) is 15.6 Å². The number of carbonyl (C=O) groups is 2. The highest BCUT2D eigenvalue weighted by molar-refractivity contribution is 6.00. The van der Waals surface area contributed by atoms with Crippen molar-refractivity contribution in [2.45, 2.75) is 50.9 Å². The third-order valence-corrected chi connectivity index (χ3v) is 7.07. The smallest absolute Gasteiger partial charge is 0.308 e. The molecule has 0 spiro atoms. The third-order valence-electron chi connectivity index (χ3n) is 7.07. The Labute approximate surface area is 195 Å². The molecule has 0 unspecified atom stereocenters. The molecule has 2 aromatic heterocycles. The molecule has 1 aromatic carbocycles. The Balaban J connectivity index is 1.60. The summed E-state index contributed by atoms with van der Waals surface area (Å²) in [6.07, 6.45) is 9.20. The minimum atomic E-state index is -0.902. The van der Waals surface area contributed by atoms with Crippen LogP contribution in [0.1, 0.15) is 66.9 Å². The van der Waals surface area contributed by atoms with Gasteiger partial charge in [-0.3, -0.25) is 9.59 Å². The van der Waals surface area contributed by atoms with Crippen molar-refractivity contribution in [3.8, 4) is 11.1 Å². The molecule has 34 heavy (non-hydrogen) atoms. The number of nitrogens with zero attached hydrogens (tertiary/aromatic N) is 4. The van der Waals surface area contributed by atoms with Crippen LogP contribution in [0, 0.1) is 17.6 Å². The van der Waals surface area contributed by atoms with E-state index in [9.17, 15) is 23.5 Å². The molecule has 0 radical (unpaired) electrons. The van der Waals surface area contributed by atoms with Gasteiger partial charge >= 0.3 is 5.97 Å². The van der Waals surface area contributed by atoms with E-state index >= 15 is 0 Å². The zero-order valence-corrected chi connectivity index (χ0v) is 18.7. The number of hydrogen-bond acceptors (Lipinski definition) is 4. The number of aliphatic carboxylic acids is 1. The van der Waals surface area contributed by atoms with E-state index in [1.165, 1.54) is 18.3 Å². The predicted molar refractivity (Wildman–Crippen MR) is 120 cm³/mol. The van der Waals surface area contributed by atoms with Crippen LogP contribution >= 0.6 is 0 Å². The van der Waals surface area contributed by atoms with Crippen molar-refractivity contribution in [1.29, 1.82) is 0 Å². The first-order chi connectivity index (χ1) is 16.4. The fraction of sp³-hybridized carbons (Fsp3) is 0.440. The standard InChI is InChI=1S/C25H26F2N4O3/c26-17-8-9-18(21(27)11-17)19-12-28-23-20(24(32)30-10-4-7-16(14-30)25(33)34)13-29-31(23)22(19)15-5-2-1-3-6-15/h8-9,11-13,15-16H,1-7,10,14H2,(H,33,34)/t16-/m1/s1. The molecular weight excluding hydrogens is 442 g/mol. The number of benzene rings is 1. The van der Waals surface area contributed by atoms with E-state index in [2.05, 4.69) is 10.1 Å². The number of likely N-dealkylation sites (tertiary alicyclic amines) is 1. The molecule has 9 heteroatoms. The van der Waals surface area contributed by atoms with Gasteiger partial charge in [-0.1, -0.05) is 19.3 Å². The molecule has 3 heterocycles. The predicted octanol–water partition coefficient (Wildman–Crippen LogP) is 4.66. The maximum atomic E-state index is 14.8. The minimum Gasteiger partial charge on any atom is -0.481 e. The summed E-state index contributed by atoms with van der Waals surface area (Å²) in [5, 5.41) is 13.9. The summed E-state index contributed by atoms with van der Waals surface area (Å²) >= 11 is 0. The maximum absolute atomic E-state index is 14.8. The highest BCUT2D eigenvalue weighted by Gasteiger charge is 2.32. The Bertz CT molecular complexity index is 1250. The zero-order chi connectivity index (χ0) is 23.8. The van der Waals surface area contributed by atoms with E-state index in [1.807, 2.05) is 0 Å². The molecule has 2 aliphatic rings. The molecule has 2 fully saturated rings. The maximum Gasteiger partial charge on any atom is 0.308 e. The van der Waals surface area contributed by atoms with Gasteiger partial charge in [0, 0.05) is 42.4 Å². The Hall–Kier alpha value is -3.36. The topological polar surface area (TPSA) is 87.8 Å². The highest BCUT2D eigenvalue weighted by Crippen LogP contribution is 2.39. The van der Waals surface area contributed by atoms with Gasteiger partial charge in [0.05, 0.1) is 17.8 Å². The van der Waals surface area contributed by atoms with Crippen LogP contribution in [0.15, 0.2) is 30.6 Å². The van der Waals surface area contributed by atoms with Gasteiger partial charge in [0.15, 0.2) is 5.65 Å². The number of carboxylic acids is 1. The molecule has 1 amide bonds. The number of rotatable bonds is 4. The largest absolute Gasteiger partial charge is 0.481 e. The van der Waals surface area contributed by atoms with Gasteiger partial charge in [-0.25, -0.2) is 18.3 Å². The van der Waals surface area contributed by atoms with Crippen molar-refractivity contribution in [2.24, 2.45) is 5.92 Å². The molecule has 1 aliphatic heterocycles. The van der Waals surface area contributed by atoms with Crippen LogP contribution in [0.3, 0.4) is 0 Å². The van der Waals surface area contributed by atoms with Gasteiger partial charge in [-0.05, 0) is 37.8 Å². The number of amides is 1. The van der Waals surface area contributed by atoms with Crippen LogP contribution < -0.4 is 0 Å². The lowest BCUT2D eigenvalue weighted by atomic mass is 9.84. The molecule has 1 N–H and O–H groups in total. The average Bonchev–Trinajstić information content (AvgIpc) is 3.28. The number of carbonyl (C=O) groups excluding carboxylic acids is 1. The SMILES string of the molecule is O=C(O)[C@@H]1CCCN(C(=O)c2cnn3c(C4CCCCC4)c(-c4ccc(F)cc4F)cnc23)C1. The molecule has 5 rings (SSSR count). The second-order valence-corrected chi connectivity index (χ2v) is 9.24. The summed E-state index contributed by atoms with van der Waals surface area (Å²) < 4.78 is 29.9. The lowest BCUT2D eigenvalue weighted by molar-refractivity contribution is -0.143. The lowest BCUT2D eigenvalue weighted by Crippen LogP contribution is -2.42. The Morgan fingerprint density at radius 3 is 2.53 bits per heavy atom. The highest BCUT2D eigenvalue weighted by atomic mass is 19.1. The first-order valence-corrected chi connectivity index (χ1v) is 11.8. The summed E-state index contributed by atoms with van der Waals surface area (Å²) in [4.78, 5) is 30.8. The zero-order valence-electron chi connectivity index (χ0n) is 18.7. The molecule has 1 aliphatic carbocycles. The van der Waals surface area contributed by atoms with E-state index in [0.717, 1.165) is 43.9 Å². The van der Waals surface area contributed by atoms with E-state index in [4.69, 9.17) is 0 Å². The van der Waals surface area contributed by atoms with Crippen LogP contribution in [-0.4, -0.2) is 49.6 Å². The number of piperidine rings is 1. The summed E-state index contributed by atoms with van der Waals surface area (Å²) in [7, 11) is 0. The molecule has 1 atom stereocenters. The van der Waals surface area contributed by atoms with Crippen molar-refractivity contribution < 1.29 is 23.5 Å². The lowest BCUT2D eigenvalue weighted by Gasteiger charge is -2.30. The first kappa shape index (κ1) is 22.4. The molecule has 1 saturated carbocycles. The van der Waals surface area contributed by atoms with Crippen LogP contribution in [0.25, 0.3) is 16.8 Å². The van der Waals surface area contributed by atoms with E-state index in [0.29, 0.717) is 36.2 Å². The molecular formula is C25H26F2N4O3. The molecule has 3 aromatic rings. The summed E-state index contributed by atoms with van der Waals surface area (Å²) in [6, 6.07) is 3.49. The monoisotopic (exact) mass is 468 g/mol. The summed E-state index contributed by atoms with van der Waals surface area (Å²) in [6.45, 7) is 0.633. The second-order valence-electron chi connectivity index (χ2n) is 9.24. The number of halogens is 2. The van der Waals surface area contributed by atoms with Gasteiger partial charge in [0.2, 0.25) is 0 Å². The van der Waals surface area contributed by atoms with Gasteiger partial charge in [-0.2, -0.15) is 5.10 Å². The number of carboxylic acid groups (broad SMARTS) is 1. The quantitative estimate of drug-likeness (QED) is 0.602. The van der Waals surface area contributed by atoms with Crippen LogP contribution in [0.2, 0.25) is 0 Å². The van der Waals surface area contributed by atoms with Crippen molar-refractivity contribution in [1.82, 2.24) is 19.5 Å². The van der Waals surface area contributed by atoms with Crippen LogP contribution in [0.5, 0.6) is 0 Å². The minimum absolute atomic E-state index is 0.105. The van der Waals surface area contributed by atoms with Crippen LogP contribution in [0.4, 0.5) is 8.78 Å². The average molecular weight is 469 g/mol. The van der Waals surface area contributed by atoms with Crippen molar-refractivity contribution in [2.75, 3.05) is 13.1 Å². The van der Waals surface area contributed by atoms with Gasteiger partial charge in [-0.15, -0.1) is 0 Å².